The van der Waals surface area contributed by atoms with Gasteiger partial charge >= 0.3 is 6.03 Å². The molecular weight excluding hydrogens is 356 g/mol. The highest BCUT2D eigenvalue weighted by Gasteiger charge is 2.57. The molecule has 1 aromatic rings. The van der Waals surface area contributed by atoms with E-state index >= 15 is 0 Å². The molecule has 0 aromatic heterocycles. The lowest BCUT2D eigenvalue weighted by Gasteiger charge is -2.44. The van der Waals surface area contributed by atoms with Crippen LogP contribution in [-0.4, -0.2) is 75.5 Å². The highest BCUT2D eigenvalue weighted by atomic mass is 16.2. The number of fused-ring (bicyclic) bond motifs is 3. The van der Waals surface area contributed by atoms with Crippen molar-refractivity contribution < 1.29 is 9.59 Å². The highest BCUT2D eigenvalue weighted by molar-refractivity contribution is 6.01. The second-order valence-electron chi connectivity index (χ2n) is 7.51. The highest BCUT2D eigenvalue weighted by Crippen LogP contribution is 2.33. The molecule has 2 saturated heterocycles. The van der Waals surface area contributed by atoms with E-state index in [2.05, 4.69) is 35.9 Å². The molecule has 1 N–H and O–H groups in total. The minimum absolute atomic E-state index is 0.0179. The van der Waals surface area contributed by atoms with Gasteiger partial charge in [0.05, 0.1) is 18.3 Å². The van der Waals surface area contributed by atoms with E-state index in [1.54, 1.807) is 18.0 Å². The van der Waals surface area contributed by atoms with E-state index in [0.717, 1.165) is 11.3 Å². The molecule has 0 saturated carbocycles. The molecule has 0 bridgehead atoms. The molecular formula is C20H26N6O2. The van der Waals surface area contributed by atoms with Gasteiger partial charge in [0.25, 0.3) is 5.91 Å². The molecule has 4 rings (SSSR count). The second kappa shape index (κ2) is 7.03. The summed E-state index contributed by atoms with van der Waals surface area (Å²) in [6.45, 7) is 8.53. The molecule has 0 radical (unpaired) electrons. The maximum atomic E-state index is 13.2. The minimum Gasteiger partial charge on any atom is -0.310 e. The van der Waals surface area contributed by atoms with Gasteiger partial charge in [-0.15, -0.1) is 6.58 Å². The Morgan fingerprint density at radius 1 is 1.25 bits per heavy atom. The summed E-state index contributed by atoms with van der Waals surface area (Å²) in [5.41, 5.74) is 2.08. The van der Waals surface area contributed by atoms with Gasteiger partial charge < -0.3 is 4.90 Å². The summed E-state index contributed by atoms with van der Waals surface area (Å²) in [6.07, 6.45) is 0.919. The van der Waals surface area contributed by atoms with Crippen LogP contribution in [0.5, 0.6) is 0 Å². The number of hydrogen-bond acceptors (Lipinski definition) is 6. The van der Waals surface area contributed by atoms with Gasteiger partial charge in [-0.1, -0.05) is 36.4 Å². The van der Waals surface area contributed by atoms with Crippen molar-refractivity contribution in [3.05, 3.63) is 48.6 Å². The Kier molecular flexibility index (Phi) is 4.68. The maximum absolute atomic E-state index is 13.2. The van der Waals surface area contributed by atoms with E-state index < -0.39 is 12.2 Å². The average Bonchev–Trinajstić information content (AvgIpc) is 3.10. The van der Waals surface area contributed by atoms with Crippen LogP contribution in [0.3, 0.4) is 0 Å². The number of rotatable bonds is 4. The second-order valence-corrected chi connectivity index (χ2v) is 7.51. The SMILES string of the molecule is C=CCN1C(=O)C2C(NC3N(Cc4ccccc4)N=C(C)C(C)N23)N(C)C1=O. The van der Waals surface area contributed by atoms with Crippen molar-refractivity contribution in [1.29, 1.82) is 0 Å². The lowest BCUT2D eigenvalue weighted by atomic mass is 10.1. The Labute approximate surface area is 165 Å². The van der Waals surface area contributed by atoms with E-state index in [-0.39, 0.29) is 30.8 Å². The maximum Gasteiger partial charge on any atom is 0.328 e. The third kappa shape index (κ3) is 2.80. The standard InChI is InChI=1S/C20H26N6O2/c1-5-11-24-18(27)16-17(23(4)20(24)28)21-19-25(12-15-9-7-6-8-10-15)22-13(2)14(3)26(16)19/h5-10,14,16-17,19,21H,1,11-12H2,2-4H3. The van der Waals surface area contributed by atoms with Crippen molar-refractivity contribution in [3.63, 3.8) is 0 Å². The number of amides is 3. The lowest BCUT2D eigenvalue weighted by molar-refractivity contribution is -0.139. The fraction of sp³-hybridized carbons (Fsp3) is 0.450. The van der Waals surface area contributed by atoms with Crippen molar-refractivity contribution in [2.24, 2.45) is 5.10 Å². The summed E-state index contributed by atoms with van der Waals surface area (Å²) in [5.74, 6) is -0.191. The largest absolute Gasteiger partial charge is 0.328 e. The molecule has 2 fully saturated rings. The molecule has 3 heterocycles. The summed E-state index contributed by atoms with van der Waals surface area (Å²) in [7, 11) is 1.73. The molecule has 3 aliphatic rings. The summed E-state index contributed by atoms with van der Waals surface area (Å²) in [5, 5.41) is 10.2. The first-order valence-corrected chi connectivity index (χ1v) is 9.52. The van der Waals surface area contributed by atoms with Gasteiger partial charge in [-0.25, -0.2) is 9.69 Å². The van der Waals surface area contributed by atoms with Gasteiger partial charge in [-0.05, 0) is 19.4 Å². The Hall–Kier alpha value is -2.71. The fourth-order valence-electron chi connectivity index (χ4n) is 4.23. The quantitative estimate of drug-likeness (QED) is 0.793. The van der Waals surface area contributed by atoms with Crippen molar-refractivity contribution >= 4 is 17.6 Å². The van der Waals surface area contributed by atoms with Crippen LogP contribution in [0.4, 0.5) is 4.79 Å². The predicted molar refractivity (Wildman–Crippen MR) is 106 cm³/mol. The van der Waals surface area contributed by atoms with E-state index in [0.29, 0.717) is 6.54 Å². The predicted octanol–water partition coefficient (Wildman–Crippen LogP) is 1.23. The van der Waals surface area contributed by atoms with Crippen LogP contribution < -0.4 is 5.32 Å². The number of urea groups is 1. The smallest absolute Gasteiger partial charge is 0.310 e. The molecule has 8 nitrogen and oxygen atoms in total. The van der Waals surface area contributed by atoms with Crippen molar-refractivity contribution in [2.45, 2.75) is 44.9 Å². The van der Waals surface area contributed by atoms with Crippen molar-refractivity contribution in [1.82, 2.24) is 25.0 Å². The molecule has 148 valence electrons. The number of carbonyl (C=O) groups excluding carboxylic acids is 2. The summed E-state index contributed by atoms with van der Waals surface area (Å²) in [4.78, 5) is 30.9. The summed E-state index contributed by atoms with van der Waals surface area (Å²) in [6, 6.07) is 9.31. The zero-order valence-electron chi connectivity index (χ0n) is 16.4. The van der Waals surface area contributed by atoms with Gasteiger partial charge in [0, 0.05) is 13.6 Å². The van der Waals surface area contributed by atoms with Crippen LogP contribution >= 0.6 is 0 Å². The third-order valence-electron chi connectivity index (χ3n) is 5.81. The van der Waals surface area contributed by atoms with E-state index in [1.165, 1.54) is 4.90 Å². The number of benzene rings is 1. The Morgan fingerprint density at radius 3 is 2.64 bits per heavy atom. The normalized spacial score (nSPS) is 30.2. The van der Waals surface area contributed by atoms with Gasteiger partial charge in [0.1, 0.15) is 12.2 Å². The van der Waals surface area contributed by atoms with Gasteiger partial charge in [-0.2, -0.15) is 5.10 Å². The van der Waals surface area contributed by atoms with Crippen molar-refractivity contribution in [3.8, 4) is 0 Å². The molecule has 3 aliphatic heterocycles. The van der Waals surface area contributed by atoms with E-state index in [1.807, 2.05) is 30.1 Å². The van der Waals surface area contributed by atoms with Gasteiger partial charge in [0.15, 0.2) is 6.29 Å². The van der Waals surface area contributed by atoms with E-state index in [4.69, 9.17) is 5.10 Å². The summed E-state index contributed by atoms with van der Waals surface area (Å²) < 4.78 is 0. The zero-order chi connectivity index (χ0) is 20.0. The number of hydrazone groups is 1. The lowest BCUT2D eigenvalue weighted by Crippen LogP contribution is -2.67. The first-order chi connectivity index (χ1) is 13.4. The molecule has 4 unspecified atom stereocenters. The average molecular weight is 382 g/mol. The zero-order valence-corrected chi connectivity index (χ0v) is 16.4. The number of nitrogens with one attached hydrogen (secondary N) is 1. The molecule has 3 amide bonds. The Balaban J connectivity index is 1.68. The fourth-order valence-corrected chi connectivity index (χ4v) is 4.23. The Bertz CT molecular complexity index is 825. The minimum atomic E-state index is -0.466. The van der Waals surface area contributed by atoms with Crippen LogP contribution in [0.25, 0.3) is 0 Å². The van der Waals surface area contributed by atoms with E-state index in [9.17, 15) is 9.59 Å². The first kappa shape index (κ1) is 18.6. The number of nitrogens with zero attached hydrogens (tertiary/aromatic N) is 5. The van der Waals surface area contributed by atoms with Crippen LogP contribution in [-0.2, 0) is 11.3 Å². The van der Waals surface area contributed by atoms with Crippen LogP contribution in [0.15, 0.2) is 48.1 Å². The number of carbonyl (C=O) groups is 2. The molecule has 28 heavy (non-hydrogen) atoms. The molecule has 0 spiro atoms. The number of likely N-dealkylation sites (N-methyl/N-ethyl adjacent to an activating group) is 1. The topological polar surface area (TPSA) is 71.5 Å². The molecule has 8 heteroatoms. The van der Waals surface area contributed by atoms with Gasteiger partial charge in [-0.3, -0.25) is 20.0 Å². The molecule has 4 atom stereocenters. The van der Waals surface area contributed by atoms with Crippen molar-refractivity contribution in [2.75, 3.05) is 13.6 Å². The Morgan fingerprint density at radius 2 is 1.96 bits per heavy atom. The third-order valence-corrected chi connectivity index (χ3v) is 5.81. The van der Waals surface area contributed by atoms with Gasteiger partial charge in [0.2, 0.25) is 0 Å². The monoisotopic (exact) mass is 382 g/mol. The van der Waals surface area contributed by atoms with Crippen LogP contribution in [0, 0.1) is 0 Å². The first-order valence-electron chi connectivity index (χ1n) is 9.52. The molecule has 1 aromatic carbocycles. The van der Waals surface area contributed by atoms with Crippen LogP contribution in [0.2, 0.25) is 0 Å². The van der Waals surface area contributed by atoms with Crippen LogP contribution in [0.1, 0.15) is 19.4 Å². The molecule has 0 aliphatic carbocycles. The number of hydrogen-bond donors (Lipinski definition) is 1. The number of imide groups is 1. The summed E-state index contributed by atoms with van der Waals surface area (Å²) >= 11 is 0.